The van der Waals surface area contributed by atoms with Gasteiger partial charge in [-0.05, 0) is 56.0 Å². The van der Waals surface area contributed by atoms with Crippen LogP contribution in [-0.4, -0.2) is 27.6 Å². The van der Waals surface area contributed by atoms with Gasteiger partial charge in [0.15, 0.2) is 0 Å². The monoisotopic (exact) mass is 424 g/mol. The molecule has 2 aromatic carbocycles. The lowest BCUT2D eigenvalue weighted by Gasteiger charge is -2.14. The normalized spacial score (nSPS) is 15.3. The van der Waals surface area contributed by atoms with E-state index in [-0.39, 0.29) is 11.8 Å². The van der Waals surface area contributed by atoms with Crippen molar-refractivity contribution in [3.63, 3.8) is 0 Å². The first-order chi connectivity index (χ1) is 13.8. The summed E-state index contributed by atoms with van der Waals surface area (Å²) in [6.45, 7) is 6.48. The van der Waals surface area contributed by atoms with Gasteiger partial charge in [0, 0.05) is 18.7 Å². The second-order valence-corrected chi connectivity index (χ2v) is 8.82. The first-order valence-corrected chi connectivity index (χ1v) is 10.8. The number of hydrogen-bond acceptors (Lipinski definition) is 4. The van der Waals surface area contributed by atoms with E-state index in [0.29, 0.717) is 28.6 Å². The summed E-state index contributed by atoms with van der Waals surface area (Å²) < 4.78 is 0.545. The predicted octanol–water partition coefficient (Wildman–Crippen LogP) is 5.23. The van der Waals surface area contributed by atoms with Crippen molar-refractivity contribution in [3.05, 3.63) is 69.6 Å². The van der Waals surface area contributed by atoms with E-state index in [2.05, 4.69) is 5.32 Å². The summed E-state index contributed by atoms with van der Waals surface area (Å²) in [5.41, 5.74) is 5.19. The van der Waals surface area contributed by atoms with Crippen LogP contribution in [0.2, 0.25) is 0 Å². The van der Waals surface area contributed by atoms with E-state index in [1.807, 2.05) is 69.3 Å². The highest BCUT2D eigenvalue weighted by Crippen LogP contribution is 2.32. The highest BCUT2D eigenvalue weighted by molar-refractivity contribution is 8.26. The third-order valence-corrected chi connectivity index (χ3v) is 6.29. The number of thioether (sulfide) groups is 1. The Bertz CT molecular complexity index is 981. The van der Waals surface area contributed by atoms with Crippen molar-refractivity contribution in [2.24, 2.45) is 0 Å². The van der Waals surface area contributed by atoms with Gasteiger partial charge in [-0.2, -0.15) is 0 Å². The van der Waals surface area contributed by atoms with Gasteiger partial charge in [-0.3, -0.25) is 14.5 Å². The molecule has 0 radical (unpaired) electrons. The summed E-state index contributed by atoms with van der Waals surface area (Å²) in [5.74, 6) is -0.144. The van der Waals surface area contributed by atoms with Gasteiger partial charge in [0.2, 0.25) is 5.91 Å². The summed E-state index contributed by atoms with van der Waals surface area (Å²) in [4.78, 5) is 27.2. The quantitative estimate of drug-likeness (QED) is 0.509. The average Bonchev–Trinajstić information content (AvgIpc) is 2.94. The van der Waals surface area contributed by atoms with Crippen LogP contribution in [0.3, 0.4) is 0 Å². The van der Waals surface area contributed by atoms with Crippen LogP contribution in [0, 0.1) is 20.8 Å². The van der Waals surface area contributed by atoms with Gasteiger partial charge < -0.3 is 5.32 Å². The van der Waals surface area contributed by atoms with E-state index >= 15 is 0 Å². The smallest absolute Gasteiger partial charge is 0.266 e. The summed E-state index contributed by atoms with van der Waals surface area (Å²) in [5, 5.41) is 2.95. The minimum atomic E-state index is -0.0875. The van der Waals surface area contributed by atoms with Crippen LogP contribution in [0.25, 0.3) is 6.08 Å². The Hall–Kier alpha value is -2.44. The van der Waals surface area contributed by atoms with Crippen LogP contribution in [0.5, 0.6) is 0 Å². The van der Waals surface area contributed by atoms with Crippen molar-refractivity contribution in [1.29, 1.82) is 0 Å². The van der Waals surface area contributed by atoms with Crippen molar-refractivity contribution in [3.8, 4) is 0 Å². The molecule has 0 atom stereocenters. The lowest BCUT2D eigenvalue weighted by Crippen LogP contribution is -2.29. The van der Waals surface area contributed by atoms with E-state index in [0.717, 1.165) is 22.4 Å². The number of anilines is 1. The summed E-state index contributed by atoms with van der Waals surface area (Å²) in [6.07, 6.45) is 2.76. The van der Waals surface area contributed by atoms with E-state index in [1.165, 1.54) is 17.3 Å². The molecule has 0 unspecified atom stereocenters. The van der Waals surface area contributed by atoms with Gasteiger partial charge in [-0.25, -0.2) is 0 Å². The second-order valence-electron chi connectivity index (χ2n) is 7.14. The minimum absolute atomic E-state index is 0.0562. The zero-order valence-corrected chi connectivity index (χ0v) is 18.5. The van der Waals surface area contributed by atoms with Crippen LogP contribution < -0.4 is 5.32 Å². The molecule has 1 fully saturated rings. The average molecular weight is 425 g/mol. The Kier molecular flexibility index (Phi) is 6.87. The van der Waals surface area contributed by atoms with Crippen LogP contribution >= 0.6 is 24.0 Å². The Morgan fingerprint density at radius 3 is 2.59 bits per heavy atom. The highest BCUT2D eigenvalue weighted by atomic mass is 32.2. The largest absolute Gasteiger partial charge is 0.326 e. The number of nitrogens with zero attached hydrogens (tertiary/aromatic N) is 1. The van der Waals surface area contributed by atoms with E-state index in [1.54, 1.807) is 4.90 Å². The molecule has 1 N–H and O–H groups in total. The molecule has 2 amide bonds. The fraction of sp³-hybridized carbons (Fsp3) is 0.261. The number of rotatable bonds is 6. The van der Waals surface area contributed by atoms with Crippen molar-refractivity contribution in [2.75, 3.05) is 11.9 Å². The molecule has 0 spiro atoms. The standard InChI is InChI=1S/C23H24N2O2S2/c1-15-9-11-18(12-10-15)14-20-22(27)25(23(28)29-20)13-5-8-21(26)24-19-7-4-6-16(2)17(19)3/h4,6-7,9-12,14H,5,8,13H2,1-3H3,(H,24,26)/b20-14+. The van der Waals surface area contributed by atoms with Gasteiger partial charge in [-0.15, -0.1) is 0 Å². The van der Waals surface area contributed by atoms with Crippen LogP contribution in [0.1, 0.15) is 35.1 Å². The second kappa shape index (κ2) is 9.37. The fourth-order valence-electron chi connectivity index (χ4n) is 3.00. The lowest BCUT2D eigenvalue weighted by atomic mass is 10.1. The molecule has 0 aliphatic carbocycles. The highest BCUT2D eigenvalue weighted by Gasteiger charge is 2.31. The summed E-state index contributed by atoms with van der Waals surface area (Å²) in [7, 11) is 0. The number of hydrogen-bond donors (Lipinski definition) is 1. The number of amides is 2. The van der Waals surface area contributed by atoms with Gasteiger partial charge in [-0.1, -0.05) is 65.9 Å². The topological polar surface area (TPSA) is 49.4 Å². The number of aryl methyl sites for hydroxylation is 2. The molecule has 1 saturated heterocycles. The molecule has 3 rings (SSSR count). The number of benzene rings is 2. The number of carbonyl (C=O) groups is 2. The van der Waals surface area contributed by atoms with Gasteiger partial charge in [0.1, 0.15) is 4.32 Å². The Balaban J connectivity index is 1.54. The molecule has 0 bridgehead atoms. The summed E-state index contributed by atoms with van der Waals surface area (Å²) >= 11 is 6.69. The zero-order valence-electron chi connectivity index (χ0n) is 16.8. The van der Waals surface area contributed by atoms with Gasteiger partial charge in [0.05, 0.1) is 4.91 Å². The molecule has 150 valence electrons. The SMILES string of the molecule is Cc1ccc(/C=C2/SC(=S)N(CCCC(=O)Nc3cccc(C)c3C)C2=O)cc1. The molecule has 6 heteroatoms. The van der Waals surface area contributed by atoms with Gasteiger partial charge >= 0.3 is 0 Å². The first-order valence-electron chi connectivity index (χ1n) is 9.53. The lowest BCUT2D eigenvalue weighted by molar-refractivity contribution is -0.122. The molecular formula is C23H24N2O2S2. The third-order valence-electron chi connectivity index (χ3n) is 4.91. The van der Waals surface area contributed by atoms with Crippen molar-refractivity contribution in [1.82, 2.24) is 4.90 Å². The maximum atomic E-state index is 12.7. The maximum absolute atomic E-state index is 12.7. The molecule has 1 aliphatic heterocycles. The van der Waals surface area contributed by atoms with Crippen LogP contribution in [0.4, 0.5) is 5.69 Å². The minimum Gasteiger partial charge on any atom is -0.326 e. The van der Waals surface area contributed by atoms with E-state index in [9.17, 15) is 9.59 Å². The predicted molar refractivity (Wildman–Crippen MR) is 125 cm³/mol. The number of nitrogens with one attached hydrogen (secondary N) is 1. The number of carbonyl (C=O) groups excluding carboxylic acids is 2. The van der Waals surface area contributed by atoms with Crippen LogP contribution in [-0.2, 0) is 9.59 Å². The fourth-order valence-corrected chi connectivity index (χ4v) is 4.31. The third kappa shape index (κ3) is 5.34. The zero-order chi connectivity index (χ0) is 21.0. The van der Waals surface area contributed by atoms with E-state index in [4.69, 9.17) is 12.2 Å². The maximum Gasteiger partial charge on any atom is 0.266 e. The van der Waals surface area contributed by atoms with Crippen LogP contribution in [0.15, 0.2) is 47.4 Å². The molecule has 1 aliphatic rings. The van der Waals surface area contributed by atoms with Gasteiger partial charge in [0.25, 0.3) is 5.91 Å². The molecule has 4 nitrogen and oxygen atoms in total. The molecule has 2 aromatic rings. The Morgan fingerprint density at radius 1 is 1.14 bits per heavy atom. The number of thiocarbonyl (C=S) groups is 1. The first kappa shape index (κ1) is 21.3. The molecule has 0 aromatic heterocycles. The molecule has 1 heterocycles. The van der Waals surface area contributed by atoms with Crippen molar-refractivity contribution < 1.29 is 9.59 Å². The molecule has 0 saturated carbocycles. The van der Waals surface area contributed by atoms with Crippen molar-refractivity contribution in [2.45, 2.75) is 33.6 Å². The molecule has 29 heavy (non-hydrogen) atoms. The van der Waals surface area contributed by atoms with E-state index < -0.39 is 0 Å². The Labute approximate surface area is 181 Å². The summed E-state index contributed by atoms with van der Waals surface area (Å²) in [6, 6.07) is 13.8. The van der Waals surface area contributed by atoms with Crippen molar-refractivity contribution >= 4 is 51.9 Å². The Morgan fingerprint density at radius 2 is 1.86 bits per heavy atom. The molecular weight excluding hydrogens is 400 g/mol.